The van der Waals surface area contributed by atoms with Gasteiger partial charge in [-0.05, 0) is 63.3 Å². The molecule has 1 aliphatic rings. The second kappa shape index (κ2) is 9.01. The summed E-state index contributed by atoms with van der Waals surface area (Å²) in [7, 11) is 0. The van der Waals surface area contributed by atoms with E-state index in [2.05, 4.69) is 31.9 Å². The molecule has 0 aliphatic heterocycles. The van der Waals surface area contributed by atoms with Crippen molar-refractivity contribution in [3.8, 4) is 5.75 Å². The van der Waals surface area contributed by atoms with Gasteiger partial charge in [0.15, 0.2) is 5.82 Å². The summed E-state index contributed by atoms with van der Waals surface area (Å²) in [5, 5.41) is 14.6. The molecule has 25 heavy (non-hydrogen) atoms. The van der Waals surface area contributed by atoms with E-state index in [1.165, 1.54) is 31.3 Å². The fraction of sp³-hybridized carbons (Fsp3) is 0.421. The van der Waals surface area contributed by atoms with E-state index in [1.807, 2.05) is 31.2 Å². The van der Waals surface area contributed by atoms with Crippen molar-refractivity contribution in [1.29, 1.82) is 0 Å². The molecule has 0 saturated heterocycles. The number of nitrogens with zero attached hydrogens (tertiary/aromatic N) is 3. The van der Waals surface area contributed by atoms with Crippen molar-refractivity contribution in [1.82, 2.24) is 15.2 Å². The van der Waals surface area contributed by atoms with Gasteiger partial charge in [0.1, 0.15) is 5.75 Å². The molecule has 1 aromatic carbocycles. The van der Waals surface area contributed by atoms with Gasteiger partial charge in [-0.3, -0.25) is 0 Å². The standard InChI is InChI=1S/C19H25N5O/c1-2-25-17-10-8-16(9-11-17)22-18-14-21-24-19(23-18)20-13-12-15-6-4-3-5-7-15/h6,8-11,14H,2-5,7,12-13H2,1H3,(H2,20,22,23,24). The summed E-state index contributed by atoms with van der Waals surface area (Å²) in [4.78, 5) is 4.46. The van der Waals surface area contributed by atoms with Gasteiger partial charge in [0, 0.05) is 12.2 Å². The van der Waals surface area contributed by atoms with Crippen molar-refractivity contribution in [3.05, 3.63) is 42.1 Å². The fourth-order valence-corrected chi connectivity index (χ4v) is 2.85. The van der Waals surface area contributed by atoms with E-state index in [-0.39, 0.29) is 0 Å². The molecular weight excluding hydrogens is 314 g/mol. The van der Waals surface area contributed by atoms with Crippen molar-refractivity contribution in [2.45, 2.75) is 39.0 Å². The highest BCUT2D eigenvalue weighted by atomic mass is 16.5. The predicted molar refractivity (Wildman–Crippen MR) is 100 cm³/mol. The van der Waals surface area contributed by atoms with Gasteiger partial charge in [-0.1, -0.05) is 11.6 Å². The number of benzene rings is 1. The third kappa shape index (κ3) is 5.45. The highest BCUT2D eigenvalue weighted by molar-refractivity contribution is 5.57. The molecule has 0 amide bonds. The molecule has 2 N–H and O–H groups in total. The van der Waals surface area contributed by atoms with E-state index < -0.39 is 0 Å². The van der Waals surface area contributed by atoms with Crippen molar-refractivity contribution < 1.29 is 4.74 Å². The summed E-state index contributed by atoms with van der Waals surface area (Å²) in [6, 6.07) is 7.76. The van der Waals surface area contributed by atoms with E-state index in [9.17, 15) is 0 Å². The SMILES string of the molecule is CCOc1ccc(Nc2cnnc(NCCC3=CCCCC3)n2)cc1. The average molecular weight is 339 g/mol. The quantitative estimate of drug-likeness (QED) is 0.698. The van der Waals surface area contributed by atoms with E-state index in [4.69, 9.17) is 4.74 Å². The molecule has 3 rings (SSSR count). The molecule has 0 radical (unpaired) electrons. The number of rotatable bonds is 8. The van der Waals surface area contributed by atoms with E-state index in [1.54, 1.807) is 6.20 Å². The molecule has 0 atom stereocenters. The second-order valence-electron chi connectivity index (χ2n) is 6.03. The Labute approximate surface area is 148 Å². The van der Waals surface area contributed by atoms with Crippen LogP contribution in [0, 0.1) is 0 Å². The van der Waals surface area contributed by atoms with Crippen LogP contribution in [-0.2, 0) is 0 Å². The molecule has 0 bridgehead atoms. The minimum absolute atomic E-state index is 0.548. The zero-order valence-corrected chi connectivity index (χ0v) is 14.7. The largest absolute Gasteiger partial charge is 0.494 e. The van der Waals surface area contributed by atoms with Crippen molar-refractivity contribution in [3.63, 3.8) is 0 Å². The monoisotopic (exact) mass is 339 g/mol. The topological polar surface area (TPSA) is 72.0 Å². The Balaban J connectivity index is 1.52. The first kappa shape index (κ1) is 17.2. The Hall–Kier alpha value is -2.63. The number of anilines is 3. The molecule has 0 saturated carbocycles. The Morgan fingerprint density at radius 1 is 1.16 bits per heavy atom. The van der Waals surface area contributed by atoms with Gasteiger partial charge < -0.3 is 15.4 Å². The van der Waals surface area contributed by atoms with Gasteiger partial charge in [-0.25, -0.2) is 0 Å². The van der Waals surface area contributed by atoms with Gasteiger partial charge >= 0.3 is 0 Å². The van der Waals surface area contributed by atoms with Gasteiger partial charge in [0.05, 0.1) is 12.8 Å². The normalized spacial score (nSPS) is 13.9. The lowest BCUT2D eigenvalue weighted by molar-refractivity contribution is 0.340. The molecule has 0 unspecified atom stereocenters. The molecule has 6 nitrogen and oxygen atoms in total. The van der Waals surface area contributed by atoms with Gasteiger partial charge in [-0.2, -0.15) is 10.1 Å². The molecular formula is C19H25N5O. The third-order valence-corrected chi connectivity index (χ3v) is 4.11. The van der Waals surface area contributed by atoms with Crippen molar-refractivity contribution >= 4 is 17.5 Å². The lowest BCUT2D eigenvalue weighted by Gasteiger charge is -2.13. The summed E-state index contributed by atoms with van der Waals surface area (Å²) >= 11 is 0. The van der Waals surface area contributed by atoms with Crippen LogP contribution in [0.5, 0.6) is 5.75 Å². The molecule has 0 fully saturated rings. The summed E-state index contributed by atoms with van der Waals surface area (Å²) in [5.74, 6) is 2.07. The first-order valence-corrected chi connectivity index (χ1v) is 8.95. The second-order valence-corrected chi connectivity index (χ2v) is 6.03. The molecule has 1 aromatic heterocycles. The summed E-state index contributed by atoms with van der Waals surface area (Å²) in [6.45, 7) is 3.46. The van der Waals surface area contributed by atoms with Crippen LogP contribution in [0.1, 0.15) is 39.0 Å². The smallest absolute Gasteiger partial charge is 0.244 e. The van der Waals surface area contributed by atoms with Crippen LogP contribution in [-0.4, -0.2) is 28.3 Å². The Kier molecular flexibility index (Phi) is 6.20. The molecule has 1 heterocycles. The lowest BCUT2D eigenvalue weighted by Crippen LogP contribution is -2.09. The molecule has 2 aromatic rings. The van der Waals surface area contributed by atoms with Crippen LogP contribution in [0.15, 0.2) is 42.1 Å². The number of allylic oxidation sites excluding steroid dienone is 1. The number of hydrogen-bond donors (Lipinski definition) is 2. The molecule has 132 valence electrons. The first-order chi connectivity index (χ1) is 12.3. The van der Waals surface area contributed by atoms with E-state index >= 15 is 0 Å². The zero-order valence-electron chi connectivity index (χ0n) is 14.7. The Morgan fingerprint density at radius 3 is 2.80 bits per heavy atom. The summed E-state index contributed by atoms with van der Waals surface area (Å²) in [6.07, 6.45) is 10.1. The maximum atomic E-state index is 5.44. The lowest BCUT2D eigenvalue weighted by atomic mass is 9.97. The number of hydrogen-bond acceptors (Lipinski definition) is 6. The highest BCUT2D eigenvalue weighted by Crippen LogP contribution is 2.21. The Bertz CT molecular complexity index is 699. The van der Waals surface area contributed by atoms with Gasteiger partial charge in [0.25, 0.3) is 0 Å². The minimum Gasteiger partial charge on any atom is -0.494 e. The van der Waals surface area contributed by atoms with Gasteiger partial charge in [-0.15, -0.1) is 5.10 Å². The van der Waals surface area contributed by atoms with Crippen molar-refractivity contribution in [2.75, 3.05) is 23.8 Å². The van der Waals surface area contributed by atoms with Crippen molar-refractivity contribution in [2.24, 2.45) is 0 Å². The van der Waals surface area contributed by atoms with Crippen LogP contribution in [0.25, 0.3) is 0 Å². The summed E-state index contributed by atoms with van der Waals surface area (Å²) < 4.78 is 5.44. The van der Waals surface area contributed by atoms with Crippen LogP contribution in [0.2, 0.25) is 0 Å². The summed E-state index contributed by atoms with van der Waals surface area (Å²) in [5.41, 5.74) is 2.47. The molecule has 6 heteroatoms. The number of nitrogens with one attached hydrogen (secondary N) is 2. The molecule has 0 spiro atoms. The maximum absolute atomic E-state index is 5.44. The number of ether oxygens (including phenoxy) is 1. The zero-order chi connectivity index (χ0) is 17.3. The Morgan fingerprint density at radius 2 is 2.04 bits per heavy atom. The van der Waals surface area contributed by atoms with Gasteiger partial charge in [0.2, 0.25) is 5.95 Å². The van der Waals surface area contributed by atoms with E-state index in [0.29, 0.717) is 18.4 Å². The highest BCUT2D eigenvalue weighted by Gasteiger charge is 2.05. The first-order valence-electron chi connectivity index (χ1n) is 8.95. The van der Waals surface area contributed by atoms with Crippen LogP contribution >= 0.6 is 0 Å². The van der Waals surface area contributed by atoms with E-state index in [0.717, 1.165) is 24.4 Å². The predicted octanol–water partition coefficient (Wildman–Crippen LogP) is 4.32. The third-order valence-electron chi connectivity index (χ3n) is 4.11. The number of aromatic nitrogens is 3. The van der Waals surface area contributed by atoms with Crippen LogP contribution in [0.3, 0.4) is 0 Å². The maximum Gasteiger partial charge on any atom is 0.244 e. The average Bonchev–Trinajstić information content (AvgIpc) is 2.65. The van der Waals surface area contributed by atoms with Crippen LogP contribution < -0.4 is 15.4 Å². The fourth-order valence-electron chi connectivity index (χ4n) is 2.85. The minimum atomic E-state index is 0.548. The van der Waals surface area contributed by atoms with Crippen LogP contribution in [0.4, 0.5) is 17.5 Å². The molecule has 1 aliphatic carbocycles.